The highest BCUT2D eigenvalue weighted by Crippen LogP contribution is 2.21. The van der Waals surface area contributed by atoms with Gasteiger partial charge in [0.2, 0.25) is 0 Å². The lowest BCUT2D eigenvalue weighted by Gasteiger charge is -2.30. The molecular weight excluding hydrogens is 282 g/mol. The van der Waals surface area contributed by atoms with Crippen molar-refractivity contribution >= 4 is 28.5 Å². The molecule has 2 N–H and O–H groups in total. The molecule has 0 spiro atoms. The summed E-state index contributed by atoms with van der Waals surface area (Å²) in [6.07, 6.45) is -0.961. The van der Waals surface area contributed by atoms with Gasteiger partial charge in [0.25, 0.3) is 0 Å². The van der Waals surface area contributed by atoms with Crippen LogP contribution in [0.1, 0.15) is 25.5 Å². The van der Waals surface area contributed by atoms with Gasteiger partial charge in [0, 0.05) is 11.9 Å². The highest BCUT2D eigenvalue weighted by molar-refractivity contribution is 7.13. The molecule has 1 aromatic rings. The number of morpholine rings is 1. The quantitative estimate of drug-likeness (QED) is 0.884. The minimum absolute atomic E-state index is 0.0452. The third-order valence-corrected chi connectivity index (χ3v) is 3.73. The van der Waals surface area contributed by atoms with Gasteiger partial charge in [-0.3, -0.25) is 5.32 Å². The molecule has 1 aromatic heterocycles. The summed E-state index contributed by atoms with van der Waals surface area (Å²) >= 11 is 1.36. The lowest BCUT2D eigenvalue weighted by Crippen LogP contribution is -2.49. The number of nitrogens with one attached hydrogen (secondary N) is 1. The molecule has 8 heteroatoms. The molecule has 0 aliphatic carbocycles. The van der Waals surface area contributed by atoms with Gasteiger partial charge in [0.05, 0.1) is 18.8 Å². The molecule has 0 saturated carbocycles. The first-order chi connectivity index (χ1) is 9.47. The second kappa shape index (κ2) is 6.19. The maximum absolute atomic E-state index is 12.0. The van der Waals surface area contributed by atoms with Gasteiger partial charge in [0.1, 0.15) is 0 Å². The van der Waals surface area contributed by atoms with Crippen LogP contribution in [-0.2, 0) is 9.53 Å². The fourth-order valence-electron chi connectivity index (χ4n) is 1.76. The number of carboxylic acids is 1. The van der Waals surface area contributed by atoms with Gasteiger partial charge in [-0.15, -0.1) is 11.3 Å². The number of carboxylic acid groups (broad SMARTS) is 1. The Labute approximate surface area is 120 Å². The summed E-state index contributed by atoms with van der Waals surface area (Å²) in [6, 6.07) is -0.343. The number of anilines is 1. The average molecular weight is 299 g/mol. The second-order valence-electron chi connectivity index (χ2n) is 4.81. The van der Waals surface area contributed by atoms with Crippen molar-refractivity contribution in [3.8, 4) is 0 Å². The minimum atomic E-state index is -1.06. The van der Waals surface area contributed by atoms with Crippen molar-refractivity contribution in [3.63, 3.8) is 0 Å². The molecule has 0 aromatic carbocycles. The maximum Gasteiger partial charge on any atom is 0.334 e. The van der Waals surface area contributed by atoms with Crippen LogP contribution in [0.15, 0.2) is 5.38 Å². The average Bonchev–Trinajstić information content (AvgIpc) is 2.87. The number of aliphatic carboxylic acids is 1. The molecule has 20 heavy (non-hydrogen) atoms. The maximum atomic E-state index is 12.0. The van der Waals surface area contributed by atoms with Crippen LogP contribution in [0.2, 0.25) is 0 Å². The van der Waals surface area contributed by atoms with Crippen LogP contribution in [0.25, 0.3) is 0 Å². The first-order valence-corrected chi connectivity index (χ1v) is 7.21. The highest BCUT2D eigenvalue weighted by atomic mass is 32.1. The summed E-state index contributed by atoms with van der Waals surface area (Å²) in [5.74, 6) is -0.754. The predicted octanol–water partition coefficient (Wildman–Crippen LogP) is 1.58. The number of hydrogen-bond donors (Lipinski definition) is 2. The van der Waals surface area contributed by atoms with Crippen molar-refractivity contribution in [2.45, 2.75) is 25.9 Å². The van der Waals surface area contributed by atoms with Gasteiger partial charge in [-0.05, 0) is 5.92 Å². The predicted molar refractivity (Wildman–Crippen MR) is 74.2 cm³/mol. The van der Waals surface area contributed by atoms with E-state index < -0.39 is 12.1 Å². The second-order valence-corrected chi connectivity index (χ2v) is 5.66. The first-order valence-electron chi connectivity index (χ1n) is 6.33. The molecule has 2 amide bonds. The SMILES string of the molecule is CC(C)c1csc(NC(=O)N2CCOC(C(=O)O)C2)n1. The van der Waals surface area contributed by atoms with Crippen molar-refractivity contribution < 1.29 is 19.4 Å². The van der Waals surface area contributed by atoms with Gasteiger partial charge < -0.3 is 14.7 Å². The molecule has 1 atom stereocenters. The minimum Gasteiger partial charge on any atom is -0.479 e. The van der Waals surface area contributed by atoms with Crippen molar-refractivity contribution in [2.75, 3.05) is 25.0 Å². The fraction of sp³-hybridized carbons (Fsp3) is 0.583. The summed E-state index contributed by atoms with van der Waals surface area (Å²) in [5.41, 5.74) is 0.927. The zero-order chi connectivity index (χ0) is 14.7. The number of carbonyl (C=O) groups is 2. The lowest BCUT2D eigenvalue weighted by atomic mass is 10.2. The summed E-state index contributed by atoms with van der Waals surface area (Å²) in [4.78, 5) is 28.7. The van der Waals surface area contributed by atoms with E-state index in [1.165, 1.54) is 16.2 Å². The Balaban J connectivity index is 1.95. The van der Waals surface area contributed by atoms with Crippen LogP contribution in [0, 0.1) is 0 Å². The largest absolute Gasteiger partial charge is 0.479 e. The molecule has 0 radical (unpaired) electrons. The Bertz CT molecular complexity index is 503. The summed E-state index contributed by atoms with van der Waals surface area (Å²) in [6.45, 7) is 4.70. The van der Waals surface area contributed by atoms with Crippen molar-refractivity contribution in [3.05, 3.63) is 11.1 Å². The number of urea groups is 1. The Morgan fingerprint density at radius 1 is 1.60 bits per heavy atom. The molecule has 2 rings (SSSR count). The number of ether oxygens (including phenoxy) is 1. The van der Waals surface area contributed by atoms with E-state index in [2.05, 4.69) is 10.3 Å². The van der Waals surface area contributed by atoms with Crippen LogP contribution in [-0.4, -0.2) is 52.8 Å². The number of hydrogen-bond acceptors (Lipinski definition) is 5. The van der Waals surface area contributed by atoms with Crippen molar-refractivity contribution in [1.82, 2.24) is 9.88 Å². The summed E-state index contributed by atoms with van der Waals surface area (Å²) in [5, 5.41) is 14.0. The van der Waals surface area contributed by atoms with Crippen molar-refractivity contribution in [2.24, 2.45) is 0 Å². The van der Waals surface area contributed by atoms with E-state index in [0.29, 0.717) is 17.6 Å². The molecular formula is C12H17N3O4S. The van der Waals surface area contributed by atoms with E-state index in [1.54, 1.807) is 0 Å². The van der Waals surface area contributed by atoms with Gasteiger partial charge in [-0.2, -0.15) is 0 Å². The number of carbonyl (C=O) groups excluding carboxylic acids is 1. The van der Waals surface area contributed by atoms with Gasteiger partial charge in [-0.25, -0.2) is 14.6 Å². The van der Waals surface area contributed by atoms with E-state index in [1.807, 2.05) is 19.2 Å². The van der Waals surface area contributed by atoms with Crippen LogP contribution in [0.5, 0.6) is 0 Å². The van der Waals surface area contributed by atoms with Gasteiger partial charge in [0.15, 0.2) is 11.2 Å². The van der Waals surface area contributed by atoms with Crippen LogP contribution in [0.4, 0.5) is 9.93 Å². The topological polar surface area (TPSA) is 91.8 Å². The van der Waals surface area contributed by atoms with E-state index in [0.717, 1.165) is 5.69 Å². The van der Waals surface area contributed by atoms with Crippen LogP contribution < -0.4 is 5.32 Å². The van der Waals surface area contributed by atoms with Crippen molar-refractivity contribution in [1.29, 1.82) is 0 Å². The highest BCUT2D eigenvalue weighted by Gasteiger charge is 2.29. The Morgan fingerprint density at radius 3 is 2.95 bits per heavy atom. The third-order valence-electron chi connectivity index (χ3n) is 2.96. The summed E-state index contributed by atoms with van der Waals surface area (Å²) < 4.78 is 5.07. The smallest absolute Gasteiger partial charge is 0.334 e. The van der Waals surface area contributed by atoms with E-state index in [4.69, 9.17) is 9.84 Å². The Kier molecular flexibility index (Phi) is 4.56. The molecule has 1 saturated heterocycles. The van der Waals surface area contributed by atoms with E-state index >= 15 is 0 Å². The van der Waals surface area contributed by atoms with E-state index in [-0.39, 0.29) is 19.2 Å². The number of thiazole rings is 1. The van der Waals surface area contributed by atoms with Crippen LogP contribution in [0.3, 0.4) is 0 Å². The number of rotatable bonds is 3. The molecule has 7 nitrogen and oxygen atoms in total. The zero-order valence-electron chi connectivity index (χ0n) is 11.3. The molecule has 1 fully saturated rings. The monoisotopic (exact) mass is 299 g/mol. The molecule has 1 unspecified atom stereocenters. The summed E-state index contributed by atoms with van der Waals surface area (Å²) in [7, 11) is 0. The number of aromatic nitrogens is 1. The standard InChI is InChI=1S/C12H17N3O4S/c1-7(2)8-6-20-11(13-8)14-12(18)15-3-4-19-9(5-15)10(16)17/h6-7,9H,3-5H2,1-2H3,(H,16,17)(H,13,14,18). The molecule has 2 heterocycles. The van der Waals surface area contributed by atoms with Crippen LogP contribution >= 0.6 is 11.3 Å². The fourth-order valence-corrected chi connectivity index (χ4v) is 2.62. The lowest BCUT2D eigenvalue weighted by molar-refractivity contribution is -0.154. The zero-order valence-corrected chi connectivity index (χ0v) is 12.1. The third kappa shape index (κ3) is 3.45. The van der Waals surface area contributed by atoms with E-state index in [9.17, 15) is 9.59 Å². The molecule has 110 valence electrons. The molecule has 1 aliphatic rings. The Morgan fingerprint density at radius 2 is 2.35 bits per heavy atom. The number of nitrogens with zero attached hydrogens (tertiary/aromatic N) is 2. The van der Waals surface area contributed by atoms with Gasteiger partial charge >= 0.3 is 12.0 Å². The van der Waals surface area contributed by atoms with Gasteiger partial charge in [-0.1, -0.05) is 13.8 Å². The normalized spacial score (nSPS) is 19.1. The molecule has 1 aliphatic heterocycles. The first kappa shape index (κ1) is 14.7. The molecule has 0 bridgehead atoms. The number of amides is 2. The Hall–Kier alpha value is -1.67.